The molecule has 2 rings (SSSR count). The van der Waals surface area contributed by atoms with E-state index in [1.54, 1.807) is 11.8 Å². The van der Waals surface area contributed by atoms with Crippen molar-refractivity contribution in [1.29, 1.82) is 0 Å². The molecule has 1 atom stereocenters. The van der Waals surface area contributed by atoms with Gasteiger partial charge >= 0.3 is 0 Å². The Balaban J connectivity index is 2.01. The number of nitrogens with two attached hydrogens (primary N) is 1. The fourth-order valence-electron chi connectivity index (χ4n) is 1.56. The summed E-state index contributed by atoms with van der Waals surface area (Å²) in [6.45, 7) is 2.15. The Bertz CT molecular complexity index is 472. The number of rotatable bonds is 6. The van der Waals surface area contributed by atoms with Gasteiger partial charge in [0.15, 0.2) is 5.82 Å². The lowest BCUT2D eigenvalue weighted by molar-refractivity contribution is 0.363. The van der Waals surface area contributed by atoms with Gasteiger partial charge in [0.2, 0.25) is 5.89 Å². The Morgan fingerprint density at radius 3 is 2.83 bits per heavy atom. The number of aromatic nitrogens is 2. The molecule has 1 aromatic carbocycles. The van der Waals surface area contributed by atoms with Crippen molar-refractivity contribution in [3.8, 4) is 0 Å². The summed E-state index contributed by atoms with van der Waals surface area (Å²) in [4.78, 5) is 4.33. The topological polar surface area (TPSA) is 64.9 Å². The lowest BCUT2D eigenvalue weighted by atomic mass is 10.1. The van der Waals surface area contributed by atoms with Crippen LogP contribution in [0.5, 0.6) is 0 Å². The Labute approximate surface area is 111 Å². The standard InChI is InChI=1S/C13H17N3OS/c1-2-8-18-9-11-15-13(17-16-11)12(14)10-6-4-3-5-7-10/h3-7,12H,2,8-9,14H2,1H3/t12-/m1/s1. The average molecular weight is 263 g/mol. The van der Waals surface area contributed by atoms with Crippen molar-refractivity contribution >= 4 is 11.8 Å². The fraction of sp³-hybridized carbons (Fsp3) is 0.385. The van der Waals surface area contributed by atoms with Crippen LogP contribution in [0.15, 0.2) is 34.9 Å². The summed E-state index contributed by atoms with van der Waals surface area (Å²) in [5.41, 5.74) is 7.06. The first-order chi connectivity index (χ1) is 8.81. The smallest absolute Gasteiger partial charge is 0.248 e. The average Bonchev–Trinajstić information content (AvgIpc) is 2.88. The molecule has 0 unspecified atom stereocenters. The first-order valence-electron chi connectivity index (χ1n) is 6.02. The molecule has 0 radical (unpaired) electrons. The molecule has 0 amide bonds. The number of benzene rings is 1. The number of hydrogen-bond acceptors (Lipinski definition) is 5. The molecule has 0 bridgehead atoms. The van der Waals surface area contributed by atoms with Crippen LogP contribution in [0.1, 0.15) is 36.7 Å². The Kier molecular flexibility index (Phi) is 4.78. The van der Waals surface area contributed by atoms with Crippen LogP contribution in [0.4, 0.5) is 0 Å². The third-order valence-electron chi connectivity index (χ3n) is 2.49. The number of hydrogen-bond donors (Lipinski definition) is 1. The molecule has 2 aromatic rings. The third-order valence-corrected chi connectivity index (χ3v) is 3.65. The van der Waals surface area contributed by atoms with E-state index in [0.717, 1.165) is 29.3 Å². The zero-order chi connectivity index (χ0) is 12.8. The minimum Gasteiger partial charge on any atom is -0.337 e. The van der Waals surface area contributed by atoms with Crippen LogP contribution in [-0.4, -0.2) is 15.9 Å². The molecule has 0 aliphatic rings. The maximum absolute atomic E-state index is 6.08. The second kappa shape index (κ2) is 6.56. The lowest BCUT2D eigenvalue weighted by Crippen LogP contribution is -2.12. The van der Waals surface area contributed by atoms with Crippen molar-refractivity contribution in [2.24, 2.45) is 5.73 Å². The molecule has 96 valence electrons. The van der Waals surface area contributed by atoms with E-state index >= 15 is 0 Å². The van der Waals surface area contributed by atoms with Gasteiger partial charge in [-0.25, -0.2) is 0 Å². The highest BCUT2D eigenvalue weighted by molar-refractivity contribution is 7.98. The van der Waals surface area contributed by atoms with Crippen molar-refractivity contribution < 1.29 is 4.52 Å². The highest BCUT2D eigenvalue weighted by Gasteiger charge is 2.16. The normalized spacial score (nSPS) is 12.6. The van der Waals surface area contributed by atoms with E-state index in [2.05, 4.69) is 17.1 Å². The zero-order valence-corrected chi connectivity index (χ0v) is 11.2. The molecule has 0 fully saturated rings. The second-order valence-electron chi connectivity index (χ2n) is 3.99. The van der Waals surface area contributed by atoms with E-state index in [1.807, 2.05) is 30.3 Å². The first kappa shape index (κ1) is 13.1. The van der Waals surface area contributed by atoms with Gasteiger partial charge in [0.1, 0.15) is 6.04 Å². The van der Waals surface area contributed by atoms with Crippen molar-refractivity contribution in [2.75, 3.05) is 5.75 Å². The molecule has 1 aromatic heterocycles. The Morgan fingerprint density at radius 2 is 2.11 bits per heavy atom. The SMILES string of the molecule is CCCSCc1noc([C@H](N)c2ccccc2)n1. The maximum Gasteiger partial charge on any atom is 0.248 e. The predicted molar refractivity (Wildman–Crippen MR) is 73.2 cm³/mol. The van der Waals surface area contributed by atoms with E-state index in [4.69, 9.17) is 10.3 Å². The summed E-state index contributed by atoms with van der Waals surface area (Å²) >= 11 is 1.80. The highest BCUT2D eigenvalue weighted by Crippen LogP contribution is 2.18. The van der Waals surface area contributed by atoms with E-state index in [1.165, 1.54) is 0 Å². The molecule has 0 aliphatic heterocycles. The molecular formula is C13H17N3OS. The van der Waals surface area contributed by atoms with Crippen molar-refractivity contribution in [3.05, 3.63) is 47.6 Å². The number of nitrogens with zero attached hydrogens (tertiary/aromatic N) is 2. The van der Waals surface area contributed by atoms with Gasteiger partial charge in [-0.05, 0) is 17.7 Å². The van der Waals surface area contributed by atoms with Crippen molar-refractivity contribution in [1.82, 2.24) is 10.1 Å². The Morgan fingerprint density at radius 1 is 1.33 bits per heavy atom. The summed E-state index contributed by atoms with van der Waals surface area (Å²) in [7, 11) is 0. The van der Waals surface area contributed by atoms with Crippen LogP contribution in [0.3, 0.4) is 0 Å². The molecule has 0 saturated heterocycles. The molecule has 0 saturated carbocycles. The van der Waals surface area contributed by atoms with Gasteiger partial charge in [-0.15, -0.1) is 0 Å². The Hall–Kier alpha value is -1.33. The van der Waals surface area contributed by atoms with E-state index in [0.29, 0.717) is 5.89 Å². The van der Waals surface area contributed by atoms with Crippen molar-refractivity contribution in [2.45, 2.75) is 25.1 Å². The van der Waals surface area contributed by atoms with Crippen LogP contribution in [0.25, 0.3) is 0 Å². The summed E-state index contributed by atoms with van der Waals surface area (Å²) in [6, 6.07) is 9.42. The summed E-state index contributed by atoms with van der Waals surface area (Å²) in [5, 5.41) is 3.95. The monoisotopic (exact) mass is 263 g/mol. The second-order valence-corrected chi connectivity index (χ2v) is 5.09. The molecule has 2 N–H and O–H groups in total. The molecule has 4 nitrogen and oxygen atoms in total. The van der Waals surface area contributed by atoms with E-state index in [-0.39, 0.29) is 6.04 Å². The van der Waals surface area contributed by atoms with Gasteiger partial charge in [-0.3, -0.25) is 0 Å². The molecule has 0 spiro atoms. The lowest BCUT2D eigenvalue weighted by Gasteiger charge is -2.05. The third kappa shape index (κ3) is 3.34. The zero-order valence-electron chi connectivity index (χ0n) is 10.4. The van der Waals surface area contributed by atoms with Gasteiger partial charge in [0.05, 0.1) is 5.75 Å². The van der Waals surface area contributed by atoms with Gasteiger partial charge in [0, 0.05) is 0 Å². The number of thioether (sulfide) groups is 1. The van der Waals surface area contributed by atoms with Crippen LogP contribution < -0.4 is 5.73 Å². The summed E-state index contributed by atoms with van der Waals surface area (Å²) in [5.74, 6) is 3.08. The quantitative estimate of drug-likeness (QED) is 0.812. The minimum atomic E-state index is -0.344. The van der Waals surface area contributed by atoms with Crippen molar-refractivity contribution in [3.63, 3.8) is 0 Å². The van der Waals surface area contributed by atoms with E-state index in [9.17, 15) is 0 Å². The molecule has 1 heterocycles. The van der Waals surface area contributed by atoms with Gasteiger partial charge < -0.3 is 10.3 Å². The van der Waals surface area contributed by atoms with E-state index < -0.39 is 0 Å². The van der Waals surface area contributed by atoms with Crippen LogP contribution >= 0.6 is 11.8 Å². The minimum absolute atomic E-state index is 0.344. The largest absolute Gasteiger partial charge is 0.337 e. The van der Waals surface area contributed by atoms with Crippen LogP contribution in [0.2, 0.25) is 0 Å². The summed E-state index contributed by atoms with van der Waals surface area (Å²) in [6.07, 6.45) is 1.15. The van der Waals surface area contributed by atoms with Crippen LogP contribution in [-0.2, 0) is 5.75 Å². The van der Waals surface area contributed by atoms with Gasteiger partial charge in [-0.1, -0.05) is 42.4 Å². The van der Waals surface area contributed by atoms with Crippen LogP contribution in [0, 0.1) is 0 Å². The van der Waals surface area contributed by atoms with Gasteiger partial charge in [-0.2, -0.15) is 16.7 Å². The maximum atomic E-state index is 6.08. The van der Waals surface area contributed by atoms with Gasteiger partial charge in [0.25, 0.3) is 0 Å². The molecule has 5 heteroatoms. The molecule has 18 heavy (non-hydrogen) atoms. The molecule has 0 aliphatic carbocycles. The fourth-order valence-corrected chi connectivity index (χ4v) is 2.30. The first-order valence-corrected chi connectivity index (χ1v) is 7.17. The summed E-state index contributed by atoms with van der Waals surface area (Å²) < 4.78 is 5.21. The highest BCUT2D eigenvalue weighted by atomic mass is 32.2. The molecular weight excluding hydrogens is 246 g/mol. The predicted octanol–water partition coefficient (Wildman–Crippen LogP) is 2.76.